The van der Waals surface area contributed by atoms with E-state index in [1.54, 1.807) is 23.0 Å². The third-order valence-electron chi connectivity index (χ3n) is 2.91. The van der Waals surface area contributed by atoms with E-state index in [-0.39, 0.29) is 0 Å². The van der Waals surface area contributed by atoms with Crippen LogP contribution in [0.3, 0.4) is 0 Å². The summed E-state index contributed by atoms with van der Waals surface area (Å²) in [5, 5.41) is 16.2. The molecule has 3 aromatic rings. The molecule has 21 heavy (non-hydrogen) atoms. The van der Waals surface area contributed by atoms with Crippen molar-refractivity contribution >= 4 is 35.4 Å². The lowest BCUT2D eigenvalue weighted by molar-refractivity contribution is 0.553. The molecule has 0 atom stereocenters. The maximum absolute atomic E-state index is 6.03. The molecule has 0 saturated heterocycles. The molecule has 1 aromatic carbocycles. The molecule has 2 heterocycles. The number of halogens is 2. The van der Waals surface area contributed by atoms with E-state index in [9.17, 15) is 0 Å². The molecule has 0 radical (unpaired) electrons. The van der Waals surface area contributed by atoms with E-state index in [2.05, 4.69) is 20.5 Å². The highest BCUT2D eigenvalue weighted by Gasteiger charge is 2.12. The Morgan fingerprint density at radius 2 is 2.10 bits per heavy atom. The zero-order valence-corrected chi connectivity index (χ0v) is 13.2. The van der Waals surface area contributed by atoms with Crippen molar-refractivity contribution < 1.29 is 0 Å². The summed E-state index contributed by atoms with van der Waals surface area (Å²) < 4.78 is 2.25. The van der Waals surface area contributed by atoms with E-state index in [0.29, 0.717) is 32.6 Å². The second kappa shape index (κ2) is 5.59. The van der Waals surface area contributed by atoms with Crippen LogP contribution in [0, 0.1) is 4.64 Å². The standard InChI is InChI=1S/C12H10Cl2N6S/c1-2-19-17-11(16-18-19)8-6-15-20(12(8)21)7-3-4-9(13)10(14)5-7/h3-6,15H,2H2,1H3. The van der Waals surface area contributed by atoms with Crippen molar-refractivity contribution in [3.05, 3.63) is 39.1 Å². The first-order chi connectivity index (χ1) is 10.1. The molecule has 0 spiro atoms. The van der Waals surface area contributed by atoms with E-state index in [4.69, 9.17) is 35.4 Å². The summed E-state index contributed by atoms with van der Waals surface area (Å²) in [6.07, 6.45) is 1.74. The van der Waals surface area contributed by atoms with Gasteiger partial charge in [0.25, 0.3) is 0 Å². The van der Waals surface area contributed by atoms with Gasteiger partial charge in [0.05, 0.1) is 27.8 Å². The molecule has 0 amide bonds. The zero-order valence-electron chi connectivity index (χ0n) is 10.9. The largest absolute Gasteiger partial charge is 0.299 e. The van der Waals surface area contributed by atoms with E-state index >= 15 is 0 Å². The van der Waals surface area contributed by atoms with Crippen LogP contribution in [0.5, 0.6) is 0 Å². The van der Waals surface area contributed by atoms with Crippen LogP contribution in [-0.4, -0.2) is 30.0 Å². The quantitative estimate of drug-likeness (QED) is 0.741. The van der Waals surface area contributed by atoms with E-state index in [1.165, 1.54) is 4.80 Å². The molecule has 0 saturated carbocycles. The summed E-state index contributed by atoms with van der Waals surface area (Å²) in [6.45, 7) is 2.59. The number of nitrogens with zero attached hydrogens (tertiary/aromatic N) is 5. The van der Waals surface area contributed by atoms with Gasteiger partial charge in [-0.2, -0.15) is 4.80 Å². The van der Waals surface area contributed by atoms with Crippen LogP contribution in [0.1, 0.15) is 6.92 Å². The van der Waals surface area contributed by atoms with Crippen LogP contribution in [-0.2, 0) is 6.54 Å². The fourth-order valence-electron chi connectivity index (χ4n) is 1.83. The monoisotopic (exact) mass is 340 g/mol. The average molecular weight is 341 g/mol. The van der Waals surface area contributed by atoms with Crippen molar-refractivity contribution in [1.29, 1.82) is 0 Å². The zero-order chi connectivity index (χ0) is 15.0. The summed E-state index contributed by atoms with van der Waals surface area (Å²) in [4.78, 5) is 1.50. The highest BCUT2D eigenvalue weighted by atomic mass is 35.5. The second-order valence-corrected chi connectivity index (χ2v) is 5.43. The number of aromatic nitrogens is 6. The maximum Gasteiger partial charge on any atom is 0.209 e. The van der Waals surface area contributed by atoms with Crippen molar-refractivity contribution in [2.24, 2.45) is 0 Å². The number of aromatic amines is 1. The number of nitrogens with one attached hydrogen (secondary N) is 1. The van der Waals surface area contributed by atoms with Gasteiger partial charge in [0.2, 0.25) is 5.82 Å². The molecule has 0 fully saturated rings. The number of benzene rings is 1. The average Bonchev–Trinajstić information content (AvgIpc) is 3.08. The molecule has 2 aromatic heterocycles. The van der Waals surface area contributed by atoms with Crippen LogP contribution < -0.4 is 0 Å². The molecule has 108 valence electrons. The number of hydrogen-bond acceptors (Lipinski definition) is 4. The predicted octanol–water partition coefficient (Wildman–Crippen LogP) is 3.52. The molecule has 0 unspecified atom stereocenters. The van der Waals surface area contributed by atoms with Crippen LogP contribution >= 0.6 is 35.4 Å². The molecule has 1 N–H and O–H groups in total. The van der Waals surface area contributed by atoms with Gasteiger partial charge in [0, 0.05) is 6.20 Å². The lowest BCUT2D eigenvalue weighted by Crippen LogP contribution is -1.98. The van der Waals surface area contributed by atoms with Crippen LogP contribution in [0.15, 0.2) is 24.4 Å². The normalized spacial score (nSPS) is 11.0. The van der Waals surface area contributed by atoms with Gasteiger partial charge in [-0.15, -0.1) is 10.2 Å². The number of H-pyrrole nitrogens is 1. The minimum Gasteiger partial charge on any atom is -0.299 e. The molecular weight excluding hydrogens is 331 g/mol. The Balaban J connectivity index is 2.06. The molecule has 0 aliphatic carbocycles. The number of rotatable bonds is 3. The Kier molecular flexibility index (Phi) is 3.79. The first kappa shape index (κ1) is 14.2. The van der Waals surface area contributed by atoms with E-state index in [0.717, 1.165) is 5.69 Å². The second-order valence-electron chi connectivity index (χ2n) is 4.23. The van der Waals surface area contributed by atoms with Gasteiger partial charge in [-0.1, -0.05) is 35.4 Å². The van der Waals surface area contributed by atoms with Gasteiger partial charge in [-0.3, -0.25) is 5.10 Å². The molecule has 0 aliphatic rings. The Labute approximate surface area is 135 Å². The third kappa shape index (κ3) is 2.59. The molecule has 3 rings (SSSR count). The first-order valence-electron chi connectivity index (χ1n) is 6.14. The van der Waals surface area contributed by atoms with Crippen molar-refractivity contribution in [2.45, 2.75) is 13.5 Å². The Bertz CT molecular complexity index is 850. The van der Waals surface area contributed by atoms with Gasteiger partial charge < -0.3 is 0 Å². The molecular formula is C12H10Cl2N6S. The number of aryl methyl sites for hydroxylation is 1. The van der Waals surface area contributed by atoms with Crippen molar-refractivity contribution in [3.63, 3.8) is 0 Å². The number of hydrogen-bond donors (Lipinski definition) is 1. The van der Waals surface area contributed by atoms with Crippen LogP contribution in [0.25, 0.3) is 17.1 Å². The lowest BCUT2D eigenvalue weighted by atomic mass is 10.3. The van der Waals surface area contributed by atoms with Crippen molar-refractivity contribution in [1.82, 2.24) is 30.0 Å². The minimum atomic E-state index is 0.460. The van der Waals surface area contributed by atoms with Gasteiger partial charge in [-0.05, 0) is 30.3 Å². The highest BCUT2D eigenvalue weighted by molar-refractivity contribution is 7.71. The fourth-order valence-corrected chi connectivity index (χ4v) is 2.43. The minimum absolute atomic E-state index is 0.460. The first-order valence-corrected chi connectivity index (χ1v) is 7.30. The van der Waals surface area contributed by atoms with Crippen LogP contribution in [0.2, 0.25) is 10.0 Å². The van der Waals surface area contributed by atoms with Gasteiger partial charge >= 0.3 is 0 Å². The topological polar surface area (TPSA) is 64.3 Å². The molecule has 9 heteroatoms. The Morgan fingerprint density at radius 3 is 2.76 bits per heavy atom. The summed E-state index contributed by atoms with van der Waals surface area (Å²) >= 11 is 17.4. The highest BCUT2D eigenvalue weighted by Crippen LogP contribution is 2.25. The molecule has 0 aliphatic heterocycles. The maximum atomic E-state index is 6.03. The molecule has 6 nitrogen and oxygen atoms in total. The number of tetrazole rings is 1. The van der Waals surface area contributed by atoms with E-state index < -0.39 is 0 Å². The van der Waals surface area contributed by atoms with Gasteiger partial charge in [0.15, 0.2) is 0 Å². The van der Waals surface area contributed by atoms with E-state index in [1.807, 2.05) is 13.0 Å². The molecule has 0 bridgehead atoms. The predicted molar refractivity (Wildman–Crippen MR) is 83.5 cm³/mol. The SMILES string of the molecule is CCn1nnc(-c2c[nH]n(-c3ccc(Cl)c(Cl)c3)c2=S)n1. The smallest absolute Gasteiger partial charge is 0.209 e. The van der Waals surface area contributed by atoms with Crippen molar-refractivity contribution in [2.75, 3.05) is 0 Å². The summed E-state index contributed by atoms with van der Waals surface area (Å²) in [7, 11) is 0. The third-order valence-corrected chi connectivity index (χ3v) is 4.05. The van der Waals surface area contributed by atoms with Gasteiger partial charge in [0.1, 0.15) is 4.64 Å². The Morgan fingerprint density at radius 1 is 1.29 bits per heavy atom. The Hall–Kier alpha value is -1.70. The van der Waals surface area contributed by atoms with Crippen LogP contribution in [0.4, 0.5) is 0 Å². The summed E-state index contributed by atoms with van der Waals surface area (Å²) in [5.41, 5.74) is 1.49. The summed E-state index contributed by atoms with van der Waals surface area (Å²) in [6, 6.07) is 5.27. The van der Waals surface area contributed by atoms with Gasteiger partial charge in [-0.25, -0.2) is 4.68 Å². The summed E-state index contributed by atoms with van der Waals surface area (Å²) in [5.74, 6) is 0.483. The fraction of sp³-hybridized carbons (Fsp3) is 0.167. The van der Waals surface area contributed by atoms with Crippen molar-refractivity contribution in [3.8, 4) is 17.1 Å². The lowest BCUT2D eigenvalue weighted by Gasteiger charge is -2.04.